The van der Waals surface area contributed by atoms with Gasteiger partial charge in [-0.3, -0.25) is 0 Å². The van der Waals surface area contributed by atoms with Crippen molar-refractivity contribution in [2.45, 2.75) is 69.1 Å². The van der Waals surface area contributed by atoms with E-state index in [1.54, 1.807) is 0 Å². The second-order valence-corrected chi connectivity index (χ2v) is 13.4. The Morgan fingerprint density at radius 3 is 2.43 bits per heavy atom. The Hall–Kier alpha value is -0.563. The maximum Gasteiger partial charge on any atom is 0.0542 e. The van der Waals surface area contributed by atoms with Gasteiger partial charge in [0.05, 0.1) is 8.07 Å². The van der Waals surface area contributed by atoms with E-state index in [4.69, 9.17) is 0 Å². The third-order valence-electron chi connectivity index (χ3n) is 6.89. The standard InChI is InChI=1S/C20H32Si/c1-4-5-10-16-15-20(19-14-9-8-13-18(16)19)21(2,3)17-11-6-7-12-17/h4,8-9,13-14,16-20H,1,5-7,10-12,15H2,2-3H3. The molecular formula is C20H32Si. The summed E-state index contributed by atoms with van der Waals surface area (Å²) in [5.41, 5.74) is 2.11. The molecule has 0 saturated heterocycles. The Bertz CT molecular complexity index is 425. The minimum Gasteiger partial charge on any atom is -0.103 e. The van der Waals surface area contributed by atoms with Gasteiger partial charge in [0.25, 0.3) is 0 Å². The van der Waals surface area contributed by atoms with E-state index in [0.29, 0.717) is 0 Å². The lowest BCUT2D eigenvalue weighted by atomic mass is 9.84. The highest BCUT2D eigenvalue weighted by Gasteiger charge is 2.50. The van der Waals surface area contributed by atoms with Crippen molar-refractivity contribution in [2.75, 3.05) is 0 Å². The maximum absolute atomic E-state index is 3.93. The summed E-state index contributed by atoms with van der Waals surface area (Å²) < 4.78 is 0. The number of fused-ring (bicyclic) bond motifs is 1. The Morgan fingerprint density at radius 1 is 1.10 bits per heavy atom. The summed E-state index contributed by atoms with van der Waals surface area (Å²) in [4.78, 5) is 0. The van der Waals surface area contributed by atoms with Gasteiger partial charge in [0, 0.05) is 0 Å². The quantitative estimate of drug-likeness (QED) is 0.410. The summed E-state index contributed by atoms with van der Waals surface area (Å²) in [7, 11) is -1.14. The molecule has 21 heavy (non-hydrogen) atoms. The van der Waals surface area contributed by atoms with E-state index < -0.39 is 8.07 Å². The maximum atomic E-state index is 3.93. The van der Waals surface area contributed by atoms with Crippen LogP contribution in [0.4, 0.5) is 0 Å². The first-order valence-electron chi connectivity index (χ1n) is 9.10. The molecule has 0 bridgehead atoms. The first-order chi connectivity index (χ1) is 10.1. The van der Waals surface area contributed by atoms with Crippen LogP contribution < -0.4 is 0 Å². The fourth-order valence-corrected chi connectivity index (χ4v) is 10.3. The van der Waals surface area contributed by atoms with E-state index >= 15 is 0 Å². The van der Waals surface area contributed by atoms with E-state index in [2.05, 4.69) is 50.1 Å². The molecule has 4 unspecified atom stereocenters. The van der Waals surface area contributed by atoms with E-state index in [-0.39, 0.29) is 0 Å². The third kappa shape index (κ3) is 2.86. The van der Waals surface area contributed by atoms with Crippen molar-refractivity contribution in [1.82, 2.24) is 0 Å². The second-order valence-electron chi connectivity index (χ2n) is 8.20. The molecule has 3 rings (SSSR count). The molecule has 0 amide bonds. The van der Waals surface area contributed by atoms with E-state index in [9.17, 15) is 0 Å². The van der Waals surface area contributed by atoms with Crippen LogP contribution in [0.1, 0.15) is 44.9 Å². The van der Waals surface area contributed by atoms with Gasteiger partial charge in [-0.05, 0) is 48.1 Å². The van der Waals surface area contributed by atoms with Crippen molar-refractivity contribution in [2.24, 2.45) is 17.8 Å². The number of hydrogen-bond donors (Lipinski definition) is 0. The van der Waals surface area contributed by atoms with Gasteiger partial charge in [-0.25, -0.2) is 0 Å². The van der Waals surface area contributed by atoms with Crippen LogP contribution in [-0.4, -0.2) is 8.07 Å². The fourth-order valence-electron chi connectivity index (χ4n) is 5.57. The van der Waals surface area contributed by atoms with Crippen molar-refractivity contribution in [3.63, 3.8) is 0 Å². The van der Waals surface area contributed by atoms with Crippen LogP contribution in [-0.2, 0) is 0 Å². The van der Waals surface area contributed by atoms with Gasteiger partial charge in [0.2, 0.25) is 0 Å². The summed E-state index contributed by atoms with van der Waals surface area (Å²) in [6.07, 6.45) is 21.9. The van der Waals surface area contributed by atoms with Crippen LogP contribution in [0.5, 0.6) is 0 Å². The zero-order valence-corrected chi connectivity index (χ0v) is 14.9. The molecule has 116 valence electrons. The Labute approximate surface area is 132 Å². The van der Waals surface area contributed by atoms with Crippen LogP contribution in [0.25, 0.3) is 0 Å². The van der Waals surface area contributed by atoms with Crippen molar-refractivity contribution in [3.05, 3.63) is 37.0 Å². The molecule has 0 aromatic carbocycles. The topological polar surface area (TPSA) is 0 Å². The molecule has 0 nitrogen and oxygen atoms in total. The smallest absolute Gasteiger partial charge is 0.0542 e. The van der Waals surface area contributed by atoms with Crippen LogP contribution >= 0.6 is 0 Å². The minimum absolute atomic E-state index is 0.827. The van der Waals surface area contributed by atoms with Crippen molar-refractivity contribution >= 4 is 8.07 Å². The highest BCUT2D eigenvalue weighted by atomic mass is 28.3. The lowest BCUT2D eigenvalue weighted by Gasteiger charge is -2.39. The first-order valence-corrected chi connectivity index (χ1v) is 12.3. The number of allylic oxidation sites excluding steroid dienone is 5. The molecule has 1 heteroatoms. The Kier molecular flexibility index (Phi) is 4.59. The SMILES string of the molecule is C=CCCC1CC([Si](C)(C)C2CCCC2)C2C=CC=CC12. The minimum atomic E-state index is -1.14. The predicted octanol–water partition coefficient (Wildman–Crippen LogP) is 6.35. The van der Waals surface area contributed by atoms with Crippen molar-refractivity contribution in [1.29, 1.82) is 0 Å². The third-order valence-corrected chi connectivity index (χ3v) is 12.1. The van der Waals surface area contributed by atoms with Crippen LogP contribution in [0.3, 0.4) is 0 Å². The van der Waals surface area contributed by atoms with Gasteiger partial charge in [0.15, 0.2) is 0 Å². The summed E-state index contributed by atoms with van der Waals surface area (Å²) in [5, 5.41) is 0. The molecule has 4 atom stereocenters. The van der Waals surface area contributed by atoms with E-state index in [0.717, 1.165) is 28.8 Å². The summed E-state index contributed by atoms with van der Waals surface area (Å²) in [5.74, 6) is 2.59. The van der Waals surface area contributed by atoms with Gasteiger partial charge in [-0.15, -0.1) is 6.58 Å². The van der Waals surface area contributed by atoms with Gasteiger partial charge in [-0.1, -0.05) is 69.2 Å². The van der Waals surface area contributed by atoms with Gasteiger partial charge in [0.1, 0.15) is 0 Å². The van der Waals surface area contributed by atoms with E-state index in [1.165, 1.54) is 44.9 Å². The van der Waals surface area contributed by atoms with Gasteiger partial charge >= 0.3 is 0 Å². The largest absolute Gasteiger partial charge is 0.103 e. The molecule has 0 radical (unpaired) electrons. The highest BCUT2D eigenvalue weighted by molar-refractivity contribution is 6.80. The second kappa shape index (κ2) is 6.28. The molecule has 0 aromatic rings. The molecule has 0 spiro atoms. The van der Waals surface area contributed by atoms with Gasteiger partial charge in [-0.2, -0.15) is 0 Å². The van der Waals surface area contributed by atoms with Gasteiger partial charge < -0.3 is 0 Å². The Balaban J connectivity index is 1.79. The number of rotatable bonds is 5. The summed E-state index contributed by atoms with van der Waals surface area (Å²) in [6, 6.07) is 0. The van der Waals surface area contributed by atoms with Crippen LogP contribution in [0.2, 0.25) is 24.2 Å². The Morgan fingerprint density at radius 2 is 1.76 bits per heavy atom. The zero-order chi connectivity index (χ0) is 14.9. The molecule has 3 aliphatic rings. The molecule has 2 fully saturated rings. The molecule has 0 N–H and O–H groups in total. The lowest BCUT2D eigenvalue weighted by molar-refractivity contribution is 0.396. The van der Waals surface area contributed by atoms with Crippen molar-refractivity contribution in [3.8, 4) is 0 Å². The monoisotopic (exact) mass is 300 g/mol. The average molecular weight is 301 g/mol. The van der Waals surface area contributed by atoms with Crippen LogP contribution in [0.15, 0.2) is 37.0 Å². The molecule has 0 aliphatic heterocycles. The zero-order valence-electron chi connectivity index (χ0n) is 13.9. The average Bonchev–Trinajstić information content (AvgIpc) is 3.14. The lowest BCUT2D eigenvalue weighted by Crippen LogP contribution is -2.39. The van der Waals surface area contributed by atoms with Crippen molar-refractivity contribution < 1.29 is 0 Å². The van der Waals surface area contributed by atoms with Crippen LogP contribution in [0, 0.1) is 17.8 Å². The highest BCUT2D eigenvalue weighted by Crippen LogP contribution is 2.58. The molecule has 2 saturated carbocycles. The molecule has 3 aliphatic carbocycles. The molecule has 0 aromatic heterocycles. The first kappa shape index (κ1) is 15.3. The summed E-state index contributed by atoms with van der Waals surface area (Å²) in [6.45, 7) is 9.36. The predicted molar refractivity (Wildman–Crippen MR) is 96.2 cm³/mol. The van der Waals surface area contributed by atoms with E-state index in [1.807, 2.05) is 0 Å². The number of hydrogen-bond acceptors (Lipinski definition) is 0. The molecular weight excluding hydrogens is 268 g/mol. The summed E-state index contributed by atoms with van der Waals surface area (Å²) >= 11 is 0. The molecule has 0 heterocycles. The normalized spacial score (nSPS) is 36.1. The fraction of sp³-hybridized carbons (Fsp3) is 0.700.